The predicted molar refractivity (Wildman–Crippen MR) is 62.1 cm³/mol. The molecule has 5 nitrogen and oxygen atoms in total. The fourth-order valence-electron chi connectivity index (χ4n) is 1.24. The highest BCUT2D eigenvalue weighted by Crippen LogP contribution is 2.08. The zero-order chi connectivity index (χ0) is 12.7. The molecular formula is C11H22N2O3. The van der Waals surface area contributed by atoms with Gasteiger partial charge in [-0.25, -0.2) is 9.59 Å². The molecule has 0 radical (unpaired) electrons. The van der Waals surface area contributed by atoms with Crippen LogP contribution in [0.5, 0.6) is 0 Å². The van der Waals surface area contributed by atoms with E-state index in [9.17, 15) is 9.59 Å². The fourth-order valence-corrected chi connectivity index (χ4v) is 1.24. The minimum Gasteiger partial charge on any atom is -0.467 e. The van der Waals surface area contributed by atoms with E-state index in [0.717, 1.165) is 6.42 Å². The van der Waals surface area contributed by atoms with Gasteiger partial charge in [0, 0.05) is 6.04 Å². The molecule has 5 heteroatoms. The Bertz CT molecular complexity index is 241. The number of nitrogens with one attached hydrogen (secondary N) is 2. The topological polar surface area (TPSA) is 67.4 Å². The van der Waals surface area contributed by atoms with Crippen molar-refractivity contribution in [3.05, 3.63) is 0 Å². The van der Waals surface area contributed by atoms with Crippen LogP contribution in [0.4, 0.5) is 4.79 Å². The summed E-state index contributed by atoms with van der Waals surface area (Å²) in [6, 6.07) is -0.894. The van der Waals surface area contributed by atoms with Gasteiger partial charge in [-0.1, -0.05) is 20.3 Å². The number of amides is 2. The molecule has 2 N–H and O–H groups in total. The summed E-state index contributed by atoms with van der Waals surface area (Å²) in [5, 5.41) is 5.30. The van der Waals surface area contributed by atoms with Gasteiger partial charge in [0.15, 0.2) is 0 Å². The molecule has 2 atom stereocenters. The Morgan fingerprint density at radius 3 is 2.12 bits per heavy atom. The lowest BCUT2D eigenvalue weighted by Crippen LogP contribution is -2.50. The first kappa shape index (κ1) is 14.7. The van der Waals surface area contributed by atoms with Gasteiger partial charge in [0.2, 0.25) is 0 Å². The number of methoxy groups -OCH3 is 1. The molecule has 0 aromatic rings. The third-order valence-electron chi connectivity index (χ3n) is 2.37. The Balaban J connectivity index is 4.43. The van der Waals surface area contributed by atoms with Crippen molar-refractivity contribution in [1.29, 1.82) is 0 Å². The van der Waals surface area contributed by atoms with Gasteiger partial charge in [-0.05, 0) is 19.8 Å². The highest BCUT2D eigenvalue weighted by molar-refractivity contribution is 5.83. The van der Waals surface area contributed by atoms with Crippen LogP contribution in [-0.2, 0) is 9.53 Å². The van der Waals surface area contributed by atoms with Gasteiger partial charge in [-0.15, -0.1) is 0 Å². The molecule has 1 unspecified atom stereocenters. The lowest BCUT2D eigenvalue weighted by Gasteiger charge is -2.22. The molecule has 0 saturated carbocycles. The van der Waals surface area contributed by atoms with E-state index < -0.39 is 12.0 Å². The highest BCUT2D eigenvalue weighted by atomic mass is 16.5. The maximum Gasteiger partial charge on any atom is 0.328 e. The molecule has 0 aromatic carbocycles. The SMILES string of the molecule is CCC(C)[C@@H](NC(=O)NC(C)C)C(=O)OC. The normalized spacial score (nSPS) is 14.1. The maximum absolute atomic E-state index is 11.5. The molecular weight excluding hydrogens is 208 g/mol. The van der Waals surface area contributed by atoms with Gasteiger partial charge in [0.1, 0.15) is 6.04 Å². The van der Waals surface area contributed by atoms with Crippen molar-refractivity contribution in [3.8, 4) is 0 Å². The van der Waals surface area contributed by atoms with Crippen LogP contribution in [0.3, 0.4) is 0 Å². The standard InChI is InChI=1S/C11H22N2O3/c1-6-8(4)9(10(14)16-5)13-11(15)12-7(2)3/h7-9H,6H2,1-5H3,(H2,12,13,15)/t8?,9-/m1/s1. The summed E-state index contributed by atoms with van der Waals surface area (Å²) >= 11 is 0. The molecule has 16 heavy (non-hydrogen) atoms. The molecule has 0 aliphatic rings. The monoisotopic (exact) mass is 230 g/mol. The van der Waals surface area contributed by atoms with Crippen molar-refractivity contribution in [3.63, 3.8) is 0 Å². The van der Waals surface area contributed by atoms with E-state index in [0.29, 0.717) is 0 Å². The maximum atomic E-state index is 11.5. The van der Waals surface area contributed by atoms with Crippen LogP contribution in [0.15, 0.2) is 0 Å². The second-order valence-corrected chi connectivity index (χ2v) is 4.16. The molecule has 0 aliphatic heterocycles. The van der Waals surface area contributed by atoms with Gasteiger partial charge in [0.25, 0.3) is 0 Å². The molecule has 0 aromatic heterocycles. The molecule has 0 bridgehead atoms. The number of ether oxygens (including phenoxy) is 1. The van der Waals surface area contributed by atoms with Crippen LogP contribution < -0.4 is 10.6 Å². The number of hydrogen-bond acceptors (Lipinski definition) is 3. The Morgan fingerprint density at radius 1 is 1.19 bits per heavy atom. The number of urea groups is 1. The van der Waals surface area contributed by atoms with Gasteiger partial charge in [-0.3, -0.25) is 0 Å². The summed E-state index contributed by atoms with van der Waals surface area (Å²) in [7, 11) is 1.32. The van der Waals surface area contributed by atoms with E-state index >= 15 is 0 Å². The molecule has 0 saturated heterocycles. The van der Waals surface area contributed by atoms with Crippen LogP contribution in [0.1, 0.15) is 34.1 Å². The van der Waals surface area contributed by atoms with E-state index in [-0.39, 0.29) is 18.0 Å². The first-order valence-corrected chi connectivity index (χ1v) is 5.57. The first-order chi connectivity index (χ1) is 7.42. The third-order valence-corrected chi connectivity index (χ3v) is 2.37. The number of hydrogen-bond donors (Lipinski definition) is 2. The Labute approximate surface area is 96.9 Å². The Kier molecular flexibility index (Phi) is 6.53. The first-order valence-electron chi connectivity index (χ1n) is 5.57. The number of carbonyl (C=O) groups excluding carboxylic acids is 2. The zero-order valence-corrected chi connectivity index (χ0v) is 10.7. The van der Waals surface area contributed by atoms with E-state index in [1.165, 1.54) is 7.11 Å². The predicted octanol–water partition coefficient (Wildman–Crippen LogP) is 1.28. The van der Waals surface area contributed by atoms with E-state index in [1.54, 1.807) is 0 Å². The van der Waals surface area contributed by atoms with Crippen molar-refractivity contribution in [2.24, 2.45) is 5.92 Å². The fraction of sp³-hybridized carbons (Fsp3) is 0.818. The number of carbonyl (C=O) groups is 2. The lowest BCUT2D eigenvalue weighted by molar-refractivity contribution is -0.144. The second kappa shape index (κ2) is 7.09. The third kappa shape index (κ3) is 5.00. The lowest BCUT2D eigenvalue weighted by atomic mass is 9.99. The summed E-state index contributed by atoms with van der Waals surface area (Å²) in [5.41, 5.74) is 0. The van der Waals surface area contributed by atoms with Crippen LogP contribution in [0, 0.1) is 5.92 Å². The Morgan fingerprint density at radius 2 is 1.75 bits per heavy atom. The van der Waals surface area contributed by atoms with Gasteiger partial charge in [-0.2, -0.15) is 0 Å². The van der Waals surface area contributed by atoms with Gasteiger partial charge in [0.05, 0.1) is 7.11 Å². The van der Waals surface area contributed by atoms with Crippen LogP contribution >= 0.6 is 0 Å². The summed E-state index contributed by atoms with van der Waals surface area (Å²) in [5.74, 6) is -0.362. The minimum atomic E-state index is -0.589. The molecule has 94 valence electrons. The van der Waals surface area contributed by atoms with Crippen LogP contribution in [0.25, 0.3) is 0 Å². The largest absolute Gasteiger partial charge is 0.467 e. The van der Waals surface area contributed by atoms with Crippen molar-refractivity contribution < 1.29 is 14.3 Å². The summed E-state index contributed by atoms with van der Waals surface area (Å²) < 4.78 is 4.66. The minimum absolute atomic E-state index is 0.0372. The van der Waals surface area contributed by atoms with Gasteiger partial charge < -0.3 is 15.4 Å². The van der Waals surface area contributed by atoms with E-state index in [2.05, 4.69) is 15.4 Å². The molecule has 2 amide bonds. The van der Waals surface area contributed by atoms with Gasteiger partial charge >= 0.3 is 12.0 Å². The summed E-state index contributed by atoms with van der Waals surface area (Å²) in [6.45, 7) is 7.58. The molecule has 0 aliphatic carbocycles. The molecule has 0 spiro atoms. The average Bonchev–Trinajstić information content (AvgIpc) is 2.22. The van der Waals surface area contributed by atoms with Crippen molar-refractivity contribution in [2.75, 3.05) is 7.11 Å². The number of esters is 1. The van der Waals surface area contributed by atoms with E-state index in [1.807, 2.05) is 27.7 Å². The zero-order valence-electron chi connectivity index (χ0n) is 10.7. The Hall–Kier alpha value is -1.26. The van der Waals surface area contributed by atoms with Crippen LogP contribution in [-0.4, -0.2) is 31.2 Å². The molecule has 0 fully saturated rings. The smallest absolute Gasteiger partial charge is 0.328 e. The molecule has 0 rings (SSSR count). The van der Waals surface area contributed by atoms with Crippen LogP contribution in [0.2, 0.25) is 0 Å². The quantitative estimate of drug-likeness (QED) is 0.699. The average molecular weight is 230 g/mol. The number of rotatable bonds is 5. The van der Waals surface area contributed by atoms with E-state index in [4.69, 9.17) is 0 Å². The molecule has 0 heterocycles. The highest BCUT2D eigenvalue weighted by Gasteiger charge is 2.26. The van der Waals surface area contributed by atoms with Crippen molar-refractivity contribution in [2.45, 2.75) is 46.2 Å². The summed E-state index contributed by atoms with van der Waals surface area (Å²) in [6.07, 6.45) is 0.793. The second-order valence-electron chi connectivity index (χ2n) is 4.16. The van der Waals surface area contributed by atoms with Crippen molar-refractivity contribution >= 4 is 12.0 Å². The summed E-state index contributed by atoms with van der Waals surface area (Å²) in [4.78, 5) is 22.9. The van der Waals surface area contributed by atoms with Crippen molar-refractivity contribution in [1.82, 2.24) is 10.6 Å².